The SMILES string of the molecule is O=C(O)c1coc(Oc2cccc(Cl)c2F)n1. The van der Waals surface area contributed by atoms with Gasteiger partial charge in [-0.25, -0.2) is 9.18 Å². The van der Waals surface area contributed by atoms with Crippen LogP contribution >= 0.6 is 11.6 Å². The highest BCUT2D eigenvalue weighted by molar-refractivity contribution is 6.30. The highest BCUT2D eigenvalue weighted by Gasteiger charge is 2.14. The molecule has 0 unspecified atom stereocenters. The van der Waals surface area contributed by atoms with E-state index in [1.165, 1.54) is 18.2 Å². The Kier molecular flexibility index (Phi) is 2.97. The number of carbonyl (C=O) groups is 1. The predicted octanol–water partition coefficient (Wildman–Crippen LogP) is 2.96. The monoisotopic (exact) mass is 257 g/mol. The number of ether oxygens (including phenoxy) is 1. The molecule has 17 heavy (non-hydrogen) atoms. The molecule has 0 bridgehead atoms. The topological polar surface area (TPSA) is 72.6 Å². The summed E-state index contributed by atoms with van der Waals surface area (Å²) in [5.41, 5.74) is -0.331. The summed E-state index contributed by atoms with van der Waals surface area (Å²) in [5, 5.41) is 8.47. The lowest BCUT2D eigenvalue weighted by Gasteiger charge is -2.02. The molecule has 2 rings (SSSR count). The predicted molar refractivity (Wildman–Crippen MR) is 54.9 cm³/mol. The van der Waals surface area contributed by atoms with Gasteiger partial charge < -0.3 is 14.3 Å². The van der Waals surface area contributed by atoms with E-state index in [0.29, 0.717) is 0 Å². The van der Waals surface area contributed by atoms with E-state index in [2.05, 4.69) is 4.98 Å². The van der Waals surface area contributed by atoms with E-state index in [9.17, 15) is 9.18 Å². The average Bonchev–Trinajstić information content (AvgIpc) is 2.73. The van der Waals surface area contributed by atoms with Gasteiger partial charge in [-0.3, -0.25) is 0 Å². The highest BCUT2D eigenvalue weighted by atomic mass is 35.5. The largest absolute Gasteiger partial charge is 0.476 e. The third kappa shape index (κ3) is 2.36. The van der Waals surface area contributed by atoms with Gasteiger partial charge in [0.2, 0.25) is 0 Å². The zero-order valence-corrected chi connectivity index (χ0v) is 8.94. The second-order valence-corrected chi connectivity index (χ2v) is 3.37. The van der Waals surface area contributed by atoms with Gasteiger partial charge in [0.25, 0.3) is 0 Å². The molecule has 0 spiro atoms. The summed E-state index contributed by atoms with van der Waals surface area (Å²) in [6.45, 7) is 0. The molecule has 1 aromatic heterocycles. The number of hydrogen-bond donors (Lipinski definition) is 1. The van der Waals surface area contributed by atoms with Gasteiger partial charge in [-0.15, -0.1) is 0 Å². The van der Waals surface area contributed by atoms with Crippen molar-refractivity contribution in [2.75, 3.05) is 0 Å². The molecule has 2 aromatic rings. The molecule has 0 aliphatic heterocycles. The van der Waals surface area contributed by atoms with Crippen LogP contribution in [-0.4, -0.2) is 16.1 Å². The van der Waals surface area contributed by atoms with Gasteiger partial charge in [0.1, 0.15) is 6.26 Å². The van der Waals surface area contributed by atoms with Crippen LogP contribution in [0.2, 0.25) is 5.02 Å². The second-order valence-electron chi connectivity index (χ2n) is 2.96. The molecule has 5 nitrogen and oxygen atoms in total. The fourth-order valence-corrected chi connectivity index (χ4v) is 1.23. The van der Waals surface area contributed by atoms with Crippen LogP contribution in [0.1, 0.15) is 10.5 Å². The minimum atomic E-state index is -1.27. The van der Waals surface area contributed by atoms with Gasteiger partial charge in [-0.1, -0.05) is 17.7 Å². The molecule has 0 fully saturated rings. The van der Waals surface area contributed by atoms with Crippen molar-refractivity contribution in [3.8, 4) is 11.8 Å². The van der Waals surface area contributed by atoms with Crippen molar-refractivity contribution in [1.82, 2.24) is 4.98 Å². The molecule has 0 amide bonds. The summed E-state index contributed by atoms with van der Waals surface area (Å²) in [6, 6.07) is 4.13. The summed E-state index contributed by atoms with van der Waals surface area (Å²) in [5.74, 6) is -2.24. The van der Waals surface area contributed by atoms with Crippen LogP contribution in [0, 0.1) is 5.82 Å². The molecule has 1 aromatic carbocycles. The standard InChI is InChI=1S/C10H5ClFNO4/c11-5-2-1-3-7(8(5)12)17-10-13-6(4-16-10)9(14)15/h1-4H,(H,14,15). The van der Waals surface area contributed by atoms with E-state index in [-0.39, 0.29) is 22.5 Å². The number of carboxylic acid groups (broad SMARTS) is 1. The molecule has 0 aliphatic rings. The fraction of sp³-hybridized carbons (Fsp3) is 0. The lowest BCUT2D eigenvalue weighted by molar-refractivity contribution is 0.0690. The first kappa shape index (κ1) is 11.4. The molecule has 1 N–H and O–H groups in total. The number of benzene rings is 1. The Labute approximate surface area is 99.4 Å². The van der Waals surface area contributed by atoms with E-state index in [0.717, 1.165) is 6.26 Å². The van der Waals surface area contributed by atoms with Gasteiger partial charge in [-0.2, -0.15) is 4.98 Å². The van der Waals surface area contributed by atoms with Crippen LogP contribution < -0.4 is 4.74 Å². The Bertz CT molecular complexity index is 569. The Balaban J connectivity index is 2.25. The van der Waals surface area contributed by atoms with Crippen LogP contribution in [0.25, 0.3) is 0 Å². The smallest absolute Gasteiger partial charge is 0.400 e. The Morgan fingerprint density at radius 2 is 2.29 bits per heavy atom. The Morgan fingerprint density at radius 1 is 1.53 bits per heavy atom. The number of halogens is 2. The maximum Gasteiger partial charge on any atom is 0.400 e. The number of rotatable bonds is 3. The first-order valence-electron chi connectivity index (χ1n) is 4.38. The summed E-state index contributed by atoms with van der Waals surface area (Å²) >= 11 is 5.54. The zero-order chi connectivity index (χ0) is 12.4. The number of nitrogens with zero attached hydrogens (tertiary/aromatic N) is 1. The van der Waals surface area contributed by atoms with Crippen molar-refractivity contribution in [2.24, 2.45) is 0 Å². The molecule has 1 heterocycles. The maximum atomic E-state index is 13.4. The number of hydrogen-bond acceptors (Lipinski definition) is 4. The summed E-state index contributed by atoms with van der Waals surface area (Å²) < 4.78 is 23.0. The van der Waals surface area contributed by atoms with Gasteiger partial charge in [-0.05, 0) is 12.1 Å². The van der Waals surface area contributed by atoms with Crippen LogP contribution in [0.3, 0.4) is 0 Å². The lowest BCUT2D eigenvalue weighted by Crippen LogP contribution is -1.96. The number of carboxylic acids is 1. The van der Waals surface area contributed by atoms with Gasteiger partial charge in [0.05, 0.1) is 5.02 Å². The van der Waals surface area contributed by atoms with E-state index in [4.69, 9.17) is 25.9 Å². The summed E-state index contributed by atoms with van der Waals surface area (Å²) in [4.78, 5) is 14.0. The molecule has 7 heteroatoms. The quantitative estimate of drug-likeness (QED) is 0.915. The summed E-state index contributed by atoms with van der Waals surface area (Å²) in [6.07, 6.45) is 0.517. The molecule has 0 radical (unpaired) electrons. The van der Waals surface area contributed by atoms with Gasteiger partial charge in [0.15, 0.2) is 17.3 Å². The molecule has 0 aliphatic carbocycles. The van der Waals surface area contributed by atoms with Crippen LogP contribution in [-0.2, 0) is 0 Å². The highest BCUT2D eigenvalue weighted by Crippen LogP contribution is 2.28. The fourth-order valence-electron chi connectivity index (χ4n) is 1.06. The zero-order valence-electron chi connectivity index (χ0n) is 8.18. The van der Waals surface area contributed by atoms with Crippen LogP contribution in [0.4, 0.5) is 4.39 Å². The Hall–Kier alpha value is -2.08. The molecular formula is C10H5ClFNO4. The van der Waals surface area contributed by atoms with E-state index >= 15 is 0 Å². The molecular weight excluding hydrogens is 253 g/mol. The first-order valence-corrected chi connectivity index (χ1v) is 4.76. The lowest BCUT2D eigenvalue weighted by atomic mass is 10.3. The summed E-state index contributed by atoms with van der Waals surface area (Å²) in [7, 11) is 0. The van der Waals surface area contributed by atoms with Crippen molar-refractivity contribution in [1.29, 1.82) is 0 Å². The first-order chi connectivity index (χ1) is 8.08. The van der Waals surface area contributed by atoms with Crippen molar-refractivity contribution in [3.05, 3.63) is 41.0 Å². The minimum absolute atomic E-state index is 0.118. The van der Waals surface area contributed by atoms with Gasteiger partial charge in [0, 0.05) is 0 Å². The van der Waals surface area contributed by atoms with Crippen molar-refractivity contribution in [3.63, 3.8) is 0 Å². The van der Waals surface area contributed by atoms with Crippen molar-refractivity contribution < 1.29 is 23.4 Å². The number of oxazole rings is 1. The maximum absolute atomic E-state index is 13.4. The van der Waals surface area contributed by atoms with E-state index in [1.54, 1.807) is 0 Å². The molecule has 88 valence electrons. The Morgan fingerprint density at radius 3 is 2.94 bits per heavy atom. The molecule has 0 atom stereocenters. The number of aromatic carboxylic acids is 1. The van der Waals surface area contributed by atoms with Crippen molar-refractivity contribution in [2.45, 2.75) is 0 Å². The third-order valence-corrected chi connectivity index (χ3v) is 2.11. The van der Waals surface area contributed by atoms with E-state index in [1.807, 2.05) is 0 Å². The van der Waals surface area contributed by atoms with Gasteiger partial charge >= 0.3 is 12.0 Å². The third-order valence-electron chi connectivity index (χ3n) is 1.82. The van der Waals surface area contributed by atoms with Crippen LogP contribution in [0.5, 0.6) is 11.8 Å². The second kappa shape index (κ2) is 4.42. The van der Waals surface area contributed by atoms with E-state index < -0.39 is 11.8 Å². The minimum Gasteiger partial charge on any atom is -0.476 e. The number of aromatic nitrogens is 1. The normalized spacial score (nSPS) is 10.2. The molecule has 0 saturated heterocycles. The van der Waals surface area contributed by atoms with Crippen LogP contribution in [0.15, 0.2) is 28.9 Å². The average molecular weight is 258 g/mol. The molecule has 0 saturated carbocycles. The van der Waals surface area contributed by atoms with Crippen molar-refractivity contribution >= 4 is 17.6 Å².